The van der Waals surface area contributed by atoms with Crippen molar-refractivity contribution < 1.29 is 9.18 Å². The molecule has 1 aromatic heterocycles. The van der Waals surface area contributed by atoms with E-state index in [-0.39, 0.29) is 18.1 Å². The molecule has 5 heteroatoms. The topological polar surface area (TPSA) is 33.2 Å². The third-order valence-electron chi connectivity index (χ3n) is 4.86. The van der Waals surface area contributed by atoms with Crippen LogP contribution in [0.4, 0.5) is 4.39 Å². The summed E-state index contributed by atoms with van der Waals surface area (Å²) in [5.41, 5.74) is 1.50. The van der Waals surface area contributed by atoms with Crippen LogP contribution in [0, 0.1) is 11.7 Å². The van der Waals surface area contributed by atoms with E-state index in [1.165, 1.54) is 55.6 Å². The zero-order valence-corrected chi connectivity index (χ0v) is 15.8. The van der Waals surface area contributed by atoms with Crippen molar-refractivity contribution in [2.24, 2.45) is 5.92 Å². The molecule has 1 aliphatic rings. The Hall–Kier alpha value is -2.01. The summed E-state index contributed by atoms with van der Waals surface area (Å²) in [7, 11) is 0. The van der Waals surface area contributed by atoms with E-state index in [9.17, 15) is 9.18 Å². The van der Waals surface area contributed by atoms with E-state index in [4.69, 9.17) is 0 Å². The minimum absolute atomic E-state index is 0.0894. The maximum absolute atomic E-state index is 13.4. The van der Waals surface area contributed by atoms with Crippen LogP contribution in [0.1, 0.15) is 37.8 Å². The van der Waals surface area contributed by atoms with Gasteiger partial charge in [0, 0.05) is 24.0 Å². The summed E-state index contributed by atoms with van der Waals surface area (Å²) in [6, 6.07) is 6.39. The molecular formula is C21H25FN2OS. The summed E-state index contributed by atoms with van der Waals surface area (Å²) in [4.78, 5) is 19.2. The lowest BCUT2D eigenvalue weighted by Gasteiger charge is -2.29. The Balaban J connectivity index is 1.64. The zero-order valence-electron chi connectivity index (χ0n) is 15.0. The fourth-order valence-electron chi connectivity index (χ4n) is 3.52. The van der Waals surface area contributed by atoms with Crippen molar-refractivity contribution in [1.82, 2.24) is 9.88 Å². The lowest BCUT2D eigenvalue weighted by Crippen LogP contribution is -2.37. The predicted molar refractivity (Wildman–Crippen MR) is 105 cm³/mol. The average molecular weight is 373 g/mol. The van der Waals surface area contributed by atoms with E-state index < -0.39 is 0 Å². The monoisotopic (exact) mass is 372 g/mol. The minimum atomic E-state index is -0.278. The van der Waals surface area contributed by atoms with E-state index in [0.717, 1.165) is 22.8 Å². The van der Waals surface area contributed by atoms with Crippen molar-refractivity contribution in [2.45, 2.75) is 38.5 Å². The normalized spacial score (nSPS) is 15.0. The lowest BCUT2D eigenvalue weighted by molar-refractivity contribution is -0.130. The maximum Gasteiger partial charge on any atom is 0.228 e. The number of benzene rings is 1. The molecule has 26 heavy (non-hydrogen) atoms. The highest BCUT2D eigenvalue weighted by Gasteiger charge is 2.21. The first-order valence-corrected chi connectivity index (χ1v) is 10.1. The molecule has 0 spiro atoms. The highest BCUT2D eigenvalue weighted by molar-refractivity contribution is 7.13. The molecule has 0 aliphatic heterocycles. The molecule has 0 radical (unpaired) electrons. The van der Waals surface area contributed by atoms with Gasteiger partial charge in [0.15, 0.2) is 0 Å². The molecular weight excluding hydrogens is 347 g/mol. The van der Waals surface area contributed by atoms with Crippen LogP contribution >= 0.6 is 11.3 Å². The largest absolute Gasteiger partial charge is 0.338 e. The Morgan fingerprint density at radius 2 is 2.15 bits per heavy atom. The van der Waals surface area contributed by atoms with Gasteiger partial charge in [0.05, 0.1) is 12.1 Å². The molecule has 1 aromatic carbocycles. The molecule has 1 saturated carbocycles. The van der Waals surface area contributed by atoms with Crippen molar-refractivity contribution in [3.63, 3.8) is 0 Å². The van der Waals surface area contributed by atoms with Crippen molar-refractivity contribution in [3.8, 4) is 10.6 Å². The van der Waals surface area contributed by atoms with E-state index in [0.29, 0.717) is 12.5 Å². The maximum atomic E-state index is 13.4. The quantitative estimate of drug-likeness (QED) is 0.635. The van der Waals surface area contributed by atoms with Crippen molar-refractivity contribution in [2.75, 3.05) is 13.1 Å². The van der Waals surface area contributed by atoms with Gasteiger partial charge in [0.2, 0.25) is 5.91 Å². The number of nitrogens with zero attached hydrogens (tertiary/aromatic N) is 2. The van der Waals surface area contributed by atoms with Crippen LogP contribution in [0.25, 0.3) is 10.6 Å². The summed E-state index contributed by atoms with van der Waals surface area (Å²) >= 11 is 1.45. The summed E-state index contributed by atoms with van der Waals surface area (Å²) in [6.07, 6.45) is 8.34. The summed E-state index contributed by atoms with van der Waals surface area (Å²) < 4.78 is 13.4. The molecule has 1 fully saturated rings. The van der Waals surface area contributed by atoms with Gasteiger partial charge in [0.25, 0.3) is 0 Å². The average Bonchev–Trinajstić information content (AvgIpc) is 3.11. The van der Waals surface area contributed by atoms with Gasteiger partial charge < -0.3 is 4.90 Å². The molecule has 3 nitrogen and oxygen atoms in total. The van der Waals surface area contributed by atoms with Crippen LogP contribution in [0.15, 0.2) is 42.3 Å². The molecule has 0 N–H and O–H groups in total. The van der Waals surface area contributed by atoms with Gasteiger partial charge in [-0.3, -0.25) is 4.79 Å². The highest BCUT2D eigenvalue weighted by atomic mass is 32.1. The van der Waals surface area contributed by atoms with Crippen LogP contribution in [-0.2, 0) is 11.2 Å². The fraction of sp³-hybridized carbons (Fsp3) is 0.429. The van der Waals surface area contributed by atoms with Crippen LogP contribution < -0.4 is 0 Å². The molecule has 1 amide bonds. The molecule has 2 aromatic rings. The summed E-state index contributed by atoms with van der Waals surface area (Å²) in [5, 5.41) is 2.64. The SMILES string of the molecule is C=CCN(CC1CCCCC1)C(=O)Cc1csc(-c2cccc(F)c2)n1. The third-order valence-corrected chi connectivity index (χ3v) is 5.80. The van der Waals surface area contributed by atoms with Gasteiger partial charge in [0.1, 0.15) is 10.8 Å². The van der Waals surface area contributed by atoms with Gasteiger partial charge >= 0.3 is 0 Å². The van der Waals surface area contributed by atoms with Crippen molar-refractivity contribution in [1.29, 1.82) is 0 Å². The summed E-state index contributed by atoms with van der Waals surface area (Å²) in [5.74, 6) is 0.414. The van der Waals surface area contributed by atoms with Gasteiger partial charge in [-0.1, -0.05) is 37.5 Å². The van der Waals surface area contributed by atoms with Crippen LogP contribution in [0.2, 0.25) is 0 Å². The lowest BCUT2D eigenvalue weighted by atomic mass is 9.89. The second-order valence-corrected chi connectivity index (χ2v) is 7.78. The van der Waals surface area contributed by atoms with Crippen LogP contribution in [0.5, 0.6) is 0 Å². The Kier molecular flexibility index (Phi) is 6.56. The van der Waals surface area contributed by atoms with Crippen molar-refractivity contribution in [3.05, 3.63) is 53.8 Å². The Morgan fingerprint density at radius 3 is 2.88 bits per heavy atom. The molecule has 0 atom stereocenters. The van der Waals surface area contributed by atoms with E-state index >= 15 is 0 Å². The second kappa shape index (κ2) is 9.08. The first-order valence-electron chi connectivity index (χ1n) is 9.24. The number of hydrogen-bond acceptors (Lipinski definition) is 3. The number of carbonyl (C=O) groups is 1. The van der Waals surface area contributed by atoms with Gasteiger partial charge in [-0.05, 0) is 30.9 Å². The zero-order chi connectivity index (χ0) is 18.4. The second-order valence-electron chi connectivity index (χ2n) is 6.92. The molecule has 138 valence electrons. The predicted octanol–water partition coefficient (Wildman–Crippen LogP) is 5.09. The first kappa shape index (κ1) is 18.8. The smallest absolute Gasteiger partial charge is 0.228 e. The molecule has 1 heterocycles. The first-order chi connectivity index (χ1) is 12.7. The molecule has 1 aliphatic carbocycles. The Labute approximate surface area is 158 Å². The molecule has 0 bridgehead atoms. The summed E-state index contributed by atoms with van der Waals surface area (Å²) in [6.45, 7) is 5.18. The number of hydrogen-bond donors (Lipinski definition) is 0. The van der Waals surface area contributed by atoms with Crippen LogP contribution in [-0.4, -0.2) is 28.9 Å². The standard InChI is InChI=1S/C21H25FN2OS/c1-2-11-24(14-16-7-4-3-5-8-16)20(25)13-19-15-26-21(23-19)17-9-6-10-18(22)12-17/h2,6,9-10,12,15-16H,1,3-5,7-8,11,13-14H2. The van der Waals surface area contributed by atoms with Gasteiger partial charge in [-0.15, -0.1) is 17.9 Å². The number of aromatic nitrogens is 1. The highest BCUT2D eigenvalue weighted by Crippen LogP contribution is 2.26. The van der Waals surface area contributed by atoms with Gasteiger partial charge in [-0.25, -0.2) is 9.37 Å². The van der Waals surface area contributed by atoms with Crippen molar-refractivity contribution >= 4 is 17.2 Å². The van der Waals surface area contributed by atoms with Gasteiger partial charge in [-0.2, -0.15) is 0 Å². The Morgan fingerprint density at radius 1 is 1.35 bits per heavy atom. The molecule has 0 saturated heterocycles. The number of halogens is 1. The third kappa shape index (κ3) is 5.01. The minimum Gasteiger partial charge on any atom is -0.338 e. The molecule has 3 rings (SSSR count). The Bertz CT molecular complexity index is 752. The fourth-order valence-corrected chi connectivity index (χ4v) is 4.34. The number of thiazole rings is 1. The number of rotatable bonds is 7. The van der Waals surface area contributed by atoms with Crippen LogP contribution in [0.3, 0.4) is 0 Å². The van der Waals surface area contributed by atoms with E-state index in [2.05, 4.69) is 11.6 Å². The molecule has 0 unspecified atom stereocenters. The number of carbonyl (C=O) groups excluding carboxylic acids is 1. The van der Waals surface area contributed by atoms with E-state index in [1.54, 1.807) is 12.1 Å². The number of amides is 1. The van der Waals surface area contributed by atoms with E-state index in [1.807, 2.05) is 16.3 Å².